The number of nitrogens with zero attached hydrogens (tertiary/aromatic N) is 3. The predicted molar refractivity (Wildman–Crippen MR) is 157 cm³/mol. The standard InChI is InChI=1S/C32H31N3O4S/c1-19-8-6-7-9-23(19)18-39-25-16-12-22(13-17-25)28(36)26-27(21-10-14-24(15-11-21)32(3,4)5)35(30(38)29(26)37)31-34-33-20(2)40-31/h6-17,27,36H,18H2,1-5H3. The molecule has 7 nitrogen and oxygen atoms in total. The lowest BCUT2D eigenvalue weighted by Crippen LogP contribution is -2.29. The van der Waals surface area contributed by atoms with Gasteiger partial charge in [-0.3, -0.25) is 14.5 Å². The fraction of sp³-hybridized carbons (Fsp3) is 0.250. The van der Waals surface area contributed by atoms with E-state index in [-0.39, 0.29) is 16.7 Å². The van der Waals surface area contributed by atoms with Crippen molar-refractivity contribution in [2.45, 2.75) is 52.7 Å². The van der Waals surface area contributed by atoms with Gasteiger partial charge < -0.3 is 9.84 Å². The van der Waals surface area contributed by atoms with Crippen molar-refractivity contribution < 1.29 is 19.4 Å². The van der Waals surface area contributed by atoms with Crippen molar-refractivity contribution in [3.05, 3.63) is 111 Å². The molecule has 8 heteroatoms. The van der Waals surface area contributed by atoms with Gasteiger partial charge in [0.2, 0.25) is 5.13 Å². The Labute approximate surface area is 237 Å². The number of carbonyl (C=O) groups excluding carboxylic acids is 2. The molecule has 4 aromatic rings. The second-order valence-corrected chi connectivity index (χ2v) is 12.0. The molecule has 1 amide bonds. The zero-order chi connectivity index (χ0) is 28.6. The molecular formula is C32H31N3O4S. The van der Waals surface area contributed by atoms with E-state index < -0.39 is 17.7 Å². The Morgan fingerprint density at radius 2 is 1.62 bits per heavy atom. The highest BCUT2D eigenvalue weighted by atomic mass is 32.1. The van der Waals surface area contributed by atoms with Crippen molar-refractivity contribution in [1.82, 2.24) is 10.2 Å². The Bertz CT molecular complexity index is 1600. The first-order chi connectivity index (χ1) is 19.0. The molecular weight excluding hydrogens is 522 g/mol. The van der Waals surface area contributed by atoms with Gasteiger partial charge in [0.05, 0.1) is 11.6 Å². The van der Waals surface area contributed by atoms with E-state index >= 15 is 0 Å². The largest absolute Gasteiger partial charge is 0.507 e. The molecule has 0 radical (unpaired) electrons. The molecule has 2 heterocycles. The Kier molecular flexibility index (Phi) is 7.29. The summed E-state index contributed by atoms with van der Waals surface area (Å²) in [6.45, 7) is 10.6. The molecule has 5 rings (SSSR count). The number of aromatic nitrogens is 2. The minimum Gasteiger partial charge on any atom is -0.507 e. The number of aliphatic hydroxyl groups excluding tert-OH is 1. The minimum absolute atomic E-state index is 0.00920. The maximum absolute atomic E-state index is 13.4. The van der Waals surface area contributed by atoms with Gasteiger partial charge >= 0.3 is 5.91 Å². The third-order valence-corrected chi connectivity index (χ3v) is 7.88. The van der Waals surface area contributed by atoms with Crippen LogP contribution in [-0.2, 0) is 21.6 Å². The maximum atomic E-state index is 13.4. The molecule has 1 unspecified atom stereocenters. The number of rotatable bonds is 6. The summed E-state index contributed by atoms with van der Waals surface area (Å²) < 4.78 is 5.94. The second kappa shape index (κ2) is 10.7. The van der Waals surface area contributed by atoms with Crippen LogP contribution >= 0.6 is 11.3 Å². The van der Waals surface area contributed by atoms with Crippen molar-refractivity contribution in [3.63, 3.8) is 0 Å². The van der Waals surface area contributed by atoms with Crippen LogP contribution in [0.3, 0.4) is 0 Å². The van der Waals surface area contributed by atoms with Crippen LogP contribution in [0.15, 0.2) is 78.4 Å². The van der Waals surface area contributed by atoms with E-state index in [9.17, 15) is 14.7 Å². The van der Waals surface area contributed by atoms with Crippen LogP contribution < -0.4 is 9.64 Å². The van der Waals surface area contributed by atoms with Crippen molar-refractivity contribution in [3.8, 4) is 5.75 Å². The van der Waals surface area contributed by atoms with E-state index in [4.69, 9.17) is 4.74 Å². The van der Waals surface area contributed by atoms with Crippen LogP contribution in [0, 0.1) is 13.8 Å². The van der Waals surface area contributed by atoms with Crippen LogP contribution in [-0.4, -0.2) is 27.0 Å². The number of amides is 1. The quantitative estimate of drug-likeness (QED) is 0.163. The molecule has 0 bridgehead atoms. The van der Waals surface area contributed by atoms with Crippen LogP contribution in [0.4, 0.5) is 5.13 Å². The van der Waals surface area contributed by atoms with E-state index in [1.165, 1.54) is 16.2 Å². The number of hydrogen-bond acceptors (Lipinski definition) is 7. The van der Waals surface area contributed by atoms with Crippen molar-refractivity contribution in [1.29, 1.82) is 0 Å². The zero-order valence-electron chi connectivity index (χ0n) is 23.1. The second-order valence-electron chi connectivity index (χ2n) is 10.9. The summed E-state index contributed by atoms with van der Waals surface area (Å²) in [5, 5.41) is 20.6. The molecule has 1 aliphatic rings. The highest BCUT2D eigenvalue weighted by Gasteiger charge is 2.48. The molecule has 0 saturated carbocycles. The van der Waals surface area contributed by atoms with E-state index in [1.807, 2.05) is 55.5 Å². The summed E-state index contributed by atoms with van der Waals surface area (Å²) in [6.07, 6.45) is 0. The van der Waals surface area contributed by atoms with E-state index in [1.54, 1.807) is 31.2 Å². The number of benzene rings is 3. The maximum Gasteiger partial charge on any atom is 0.301 e. The summed E-state index contributed by atoms with van der Waals surface area (Å²) >= 11 is 1.22. The molecule has 1 aromatic heterocycles. The normalized spacial score (nSPS) is 16.9. The average Bonchev–Trinajstić information content (AvgIpc) is 3.47. The van der Waals surface area contributed by atoms with Gasteiger partial charge in [-0.1, -0.05) is 80.6 Å². The smallest absolute Gasteiger partial charge is 0.301 e. The number of aliphatic hydroxyl groups is 1. The Balaban J connectivity index is 1.52. The Morgan fingerprint density at radius 3 is 2.23 bits per heavy atom. The van der Waals surface area contributed by atoms with Crippen molar-refractivity contribution in [2.75, 3.05) is 4.90 Å². The minimum atomic E-state index is -0.849. The summed E-state index contributed by atoms with van der Waals surface area (Å²) in [4.78, 5) is 28.1. The zero-order valence-corrected chi connectivity index (χ0v) is 24.0. The first-order valence-electron chi connectivity index (χ1n) is 13.0. The molecule has 0 spiro atoms. The number of carbonyl (C=O) groups is 2. The Hall–Kier alpha value is -4.30. The molecule has 204 valence electrons. The molecule has 0 aliphatic carbocycles. The third-order valence-electron chi connectivity index (χ3n) is 7.04. The third kappa shape index (κ3) is 5.27. The van der Waals surface area contributed by atoms with Gasteiger partial charge in [0.15, 0.2) is 0 Å². The predicted octanol–water partition coefficient (Wildman–Crippen LogP) is 6.66. The number of aryl methyl sites for hydroxylation is 2. The molecule has 3 aromatic carbocycles. The monoisotopic (exact) mass is 553 g/mol. The first-order valence-corrected chi connectivity index (χ1v) is 13.9. The van der Waals surface area contributed by atoms with Crippen molar-refractivity contribution >= 4 is 33.9 Å². The SMILES string of the molecule is Cc1nnc(N2C(=O)C(=O)C(=C(O)c3ccc(OCc4ccccc4C)cc3)C2c2ccc(C(C)(C)C)cc2)s1. The number of ether oxygens (including phenoxy) is 1. The molecule has 1 fully saturated rings. The van der Waals surface area contributed by atoms with Crippen LogP contribution in [0.5, 0.6) is 5.75 Å². The molecule has 1 aliphatic heterocycles. The fourth-order valence-corrected chi connectivity index (χ4v) is 5.41. The van der Waals surface area contributed by atoms with E-state index in [2.05, 4.69) is 31.0 Å². The molecule has 1 N–H and O–H groups in total. The first kappa shape index (κ1) is 27.3. The van der Waals surface area contributed by atoms with Crippen molar-refractivity contribution in [2.24, 2.45) is 0 Å². The molecule has 40 heavy (non-hydrogen) atoms. The highest BCUT2D eigenvalue weighted by Crippen LogP contribution is 2.43. The number of Topliss-reactive ketones (excluding diaryl/α,β-unsaturated/α-hetero) is 1. The van der Waals surface area contributed by atoms with E-state index in [0.717, 1.165) is 16.7 Å². The fourth-order valence-electron chi connectivity index (χ4n) is 4.69. The van der Waals surface area contributed by atoms with Gasteiger partial charge in [-0.15, -0.1) is 10.2 Å². The van der Waals surface area contributed by atoms with Crippen LogP contribution in [0.2, 0.25) is 0 Å². The summed E-state index contributed by atoms with van der Waals surface area (Å²) in [6, 6.07) is 21.8. The van der Waals surface area contributed by atoms with Gasteiger partial charge in [0.25, 0.3) is 5.78 Å². The molecule has 1 saturated heterocycles. The topological polar surface area (TPSA) is 92.6 Å². The Morgan fingerprint density at radius 1 is 0.950 bits per heavy atom. The van der Waals surface area contributed by atoms with Gasteiger partial charge in [0.1, 0.15) is 23.1 Å². The molecule has 1 atom stereocenters. The average molecular weight is 554 g/mol. The lowest BCUT2D eigenvalue weighted by molar-refractivity contribution is -0.132. The summed E-state index contributed by atoms with van der Waals surface area (Å²) in [5.41, 5.74) is 4.38. The summed E-state index contributed by atoms with van der Waals surface area (Å²) in [7, 11) is 0. The van der Waals surface area contributed by atoms with Crippen LogP contribution in [0.25, 0.3) is 5.76 Å². The lowest BCUT2D eigenvalue weighted by Gasteiger charge is -2.24. The number of ketones is 1. The van der Waals surface area contributed by atoms with Crippen LogP contribution in [0.1, 0.15) is 59.6 Å². The van der Waals surface area contributed by atoms with Gasteiger partial charge in [-0.25, -0.2) is 0 Å². The number of anilines is 1. The highest BCUT2D eigenvalue weighted by molar-refractivity contribution is 7.15. The summed E-state index contributed by atoms with van der Waals surface area (Å²) in [5.74, 6) is -1.15. The lowest BCUT2D eigenvalue weighted by atomic mass is 9.85. The van der Waals surface area contributed by atoms with Gasteiger partial charge in [0, 0.05) is 5.56 Å². The van der Waals surface area contributed by atoms with Gasteiger partial charge in [-0.05, 0) is 65.8 Å². The van der Waals surface area contributed by atoms with Gasteiger partial charge in [-0.2, -0.15) is 0 Å². The van der Waals surface area contributed by atoms with E-state index in [0.29, 0.717) is 33.6 Å². The number of hydrogen-bond donors (Lipinski definition) is 1.